The van der Waals surface area contributed by atoms with Gasteiger partial charge in [0.1, 0.15) is 6.23 Å². The van der Waals surface area contributed by atoms with Gasteiger partial charge in [-0.2, -0.15) is 0 Å². The SMILES string of the molecule is NC(O)c1ccccc1.[HH]. The van der Waals surface area contributed by atoms with Gasteiger partial charge < -0.3 is 10.8 Å². The van der Waals surface area contributed by atoms with Crippen LogP contribution in [0.1, 0.15) is 13.2 Å². The molecule has 50 valence electrons. The van der Waals surface area contributed by atoms with Crippen molar-refractivity contribution in [2.45, 2.75) is 6.23 Å². The van der Waals surface area contributed by atoms with E-state index >= 15 is 0 Å². The molecule has 0 aliphatic heterocycles. The Morgan fingerprint density at radius 2 is 1.89 bits per heavy atom. The van der Waals surface area contributed by atoms with Crippen LogP contribution in [0.3, 0.4) is 0 Å². The first-order valence-electron chi connectivity index (χ1n) is 2.79. The molecule has 0 aliphatic carbocycles. The van der Waals surface area contributed by atoms with Crippen molar-refractivity contribution in [3.63, 3.8) is 0 Å². The molecule has 0 radical (unpaired) electrons. The zero-order chi connectivity index (χ0) is 6.69. The predicted molar refractivity (Wildman–Crippen MR) is 37.7 cm³/mol. The average Bonchev–Trinajstić information content (AvgIpc) is 1.90. The summed E-state index contributed by atoms with van der Waals surface area (Å²) in [6.07, 6.45) is -0.841. The summed E-state index contributed by atoms with van der Waals surface area (Å²) >= 11 is 0. The van der Waals surface area contributed by atoms with Gasteiger partial charge in [0, 0.05) is 1.43 Å². The molecule has 1 unspecified atom stereocenters. The summed E-state index contributed by atoms with van der Waals surface area (Å²) < 4.78 is 0. The Kier molecular flexibility index (Phi) is 1.82. The summed E-state index contributed by atoms with van der Waals surface area (Å²) in [7, 11) is 0. The Morgan fingerprint density at radius 3 is 2.22 bits per heavy atom. The number of rotatable bonds is 1. The van der Waals surface area contributed by atoms with E-state index in [0.717, 1.165) is 5.56 Å². The number of nitrogens with two attached hydrogens (primary N) is 1. The molecular weight excluding hydrogens is 114 g/mol. The smallest absolute Gasteiger partial charge is 0.128 e. The summed E-state index contributed by atoms with van der Waals surface area (Å²) in [4.78, 5) is 0. The molecule has 0 fully saturated rings. The minimum atomic E-state index is -0.841. The second-order valence-electron chi connectivity index (χ2n) is 1.86. The second kappa shape index (κ2) is 2.62. The molecule has 2 nitrogen and oxygen atoms in total. The van der Waals surface area contributed by atoms with Gasteiger partial charge in [0.25, 0.3) is 0 Å². The third-order valence-corrected chi connectivity index (χ3v) is 1.14. The van der Waals surface area contributed by atoms with E-state index in [2.05, 4.69) is 0 Å². The van der Waals surface area contributed by atoms with Gasteiger partial charge in [0.05, 0.1) is 0 Å². The molecule has 0 saturated heterocycles. The van der Waals surface area contributed by atoms with Crippen molar-refractivity contribution < 1.29 is 6.53 Å². The van der Waals surface area contributed by atoms with Gasteiger partial charge in [-0.05, 0) is 5.56 Å². The lowest BCUT2D eigenvalue weighted by Crippen LogP contribution is -2.07. The monoisotopic (exact) mass is 125 g/mol. The second-order valence-corrected chi connectivity index (χ2v) is 1.86. The molecule has 9 heavy (non-hydrogen) atoms. The van der Waals surface area contributed by atoms with Gasteiger partial charge in [-0.1, -0.05) is 30.3 Å². The molecule has 0 bridgehead atoms. The Bertz CT molecular complexity index is 176. The summed E-state index contributed by atoms with van der Waals surface area (Å²) in [6, 6.07) is 9.12. The minimum Gasteiger partial charge on any atom is -0.375 e. The maximum Gasteiger partial charge on any atom is 0.128 e. The van der Waals surface area contributed by atoms with E-state index in [1.165, 1.54) is 0 Å². The van der Waals surface area contributed by atoms with Crippen molar-refractivity contribution in [2.75, 3.05) is 0 Å². The largest absolute Gasteiger partial charge is 0.375 e. The van der Waals surface area contributed by atoms with E-state index in [1.54, 1.807) is 12.1 Å². The lowest BCUT2D eigenvalue weighted by Gasteiger charge is -2.01. The lowest BCUT2D eigenvalue weighted by atomic mass is 10.2. The van der Waals surface area contributed by atoms with E-state index in [0.29, 0.717) is 0 Å². The quantitative estimate of drug-likeness (QED) is 0.547. The summed E-state index contributed by atoms with van der Waals surface area (Å²) in [5.74, 6) is 0. The van der Waals surface area contributed by atoms with Gasteiger partial charge in [-0.15, -0.1) is 0 Å². The van der Waals surface area contributed by atoms with Crippen LogP contribution in [0.25, 0.3) is 0 Å². The number of aliphatic hydroxyl groups is 1. The first-order valence-corrected chi connectivity index (χ1v) is 2.79. The molecule has 1 rings (SSSR count). The van der Waals surface area contributed by atoms with Crippen LogP contribution in [0.4, 0.5) is 0 Å². The van der Waals surface area contributed by atoms with Crippen molar-refractivity contribution in [3.05, 3.63) is 35.9 Å². The fourth-order valence-corrected chi connectivity index (χ4v) is 0.650. The Labute approximate surface area is 55.4 Å². The first-order chi connectivity index (χ1) is 4.30. The van der Waals surface area contributed by atoms with Crippen molar-refractivity contribution in [1.82, 2.24) is 0 Å². The summed E-state index contributed by atoms with van der Waals surface area (Å²) in [5.41, 5.74) is 5.92. The fourth-order valence-electron chi connectivity index (χ4n) is 0.650. The fraction of sp³-hybridized carbons (Fsp3) is 0.143. The highest BCUT2D eigenvalue weighted by Crippen LogP contribution is 2.04. The van der Waals surface area contributed by atoms with Crippen LogP contribution in [-0.4, -0.2) is 5.11 Å². The van der Waals surface area contributed by atoms with E-state index < -0.39 is 6.23 Å². The molecule has 1 aromatic rings. The molecule has 1 aromatic carbocycles. The van der Waals surface area contributed by atoms with Crippen molar-refractivity contribution >= 4 is 0 Å². The lowest BCUT2D eigenvalue weighted by molar-refractivity contribution is 0.186. The first kappa shape index (κ1) is 6.26. The molecule has 0 aliphatic rings. The number of aliphatic hydroxyl groups excluding tert-OH is 1. The number of benzene rings is 1. The van der Waals surface area contributed by atoms with Crippen LogP contribution in [0.5, 0.6) is 0 Å². The van der Waals surface area contributed by atoms with E-state index in [9.17, 15) is 0 Å². The number of hydrogen-bond donors (Lipinski definition) is 2. The maximum atomic E-state index is 8.80. The predicted octanol–water partition coefficient (Wildman–Crippen LogP) is 0.882. The van der Waals surface area contributed by atoms with Crippen LogP contribution >= 0.6 is 0 Å². The third-order valence-electron chi connectivity index (χ3n) is 1.14. The zero-order valence-corrected chi connectivity index (χ0v) is 4.99. The van der Waals surface area contributed by atoms with Gasteiger partial charge in [-0.3, -0.25) is 0 Å². The third kappa shape index (κ3) is 1.52. The van der Waals surface area contributed by atoms with E-state index in [4.69, 9.17) is 10.8 Å². The van der Waals surface area contributed by atoms with Crippen LogP contribution in [-0.2, 0) is 0 Å². The molecule has 0 amide bonds. The van der Waals surface area contributed by atoms with Crippen LogP contribution in [0.2, 0.25) is 0 Å². The molecule has 2 heteroatoms. The van der Waals surface area contributed by atoms with Crippen LogP contribution in [0, 0.1) is 0 Å². The van der Waals surface area contributed by atoms with Crippen LogP contribution in [0.15, 0.2) is 30.3 Å². The van der Waals surface area contributed by atoms with Gasteiger partial charge in [-0.25, -0.2) is 0 Å². The van der Waals surface area contributed by atoms with Gasteiger partial charge >= 0.3 is 0 Å². The van der Waals surface area contributed by atoms with Crippen molar-refractivity contribution in [1.29, 1.82) is 0 Å². The normalized spacial score (nSPS) is 13.1. The molecule has 3 N–H and O–H groups in total. The summed E-state index contributed by atoms with van der Waals surface area (Å²) in [6.45, 7) is 0. The van der Waals surface area contributed by atoms with Crippen molar-refractivity contribution in [2.24, 2.45) is 5.73 Å². The minimum absolute atomic E-state index is 0. The highest BCUT2D eigenvalue weighted by atomic mass is 16.3. The molecular formula is C7H11NO. The molecule has 0 spiro atoms. The maximum absolute atomic E-state index is 8.80. The highest BCUT2D eigenvalue weighted by molar-refractivity contribution is 5.15. The Balaban J connectivity index is 0.000000810. The highest BCUT2D eigenvalue weighted by Gasteiger charge is 1.95. The van der Waals surface area contributed by atoms with Gasteiger partial charge in [0.15, 0.2) is 0 Å². The average molecular weight is 125 g/mol. The van der Waals surface area contributed by atoms with E-state index in [-0.39, 0.29) is 1.43 Å². The molecule has 0 saturated carbocycles. The molecule has 1 atom stereocenters. The standard InChI is InChI=1S/C7H9NO.H2/c8-7(9)6-4-2-1-3-5-6;/h1-5,7,9H,8H2;1H. The number of hydrogen-bond acceptors (Lipinski definition) is 2. The topological polar surface area (TPSA) is 46.2 Å². The Morgan fingerprint density at radius 1 is 1.33 bits per heavy atom. The molecule has 0 heterocycles. The van der Waals surface area contributed by atoms with Gasteiger partial charge in [0.2, 0.25) is 0 Å². The molecule has 0 aromatic heterocycles. The van der Waals surface area contributed by atoms with Crippen molar-refractivity contribution in [3.8, 4) is 0 Å². The van der Waals surface area contributed by atoms with Crippen LogP contribution < -0.4 is 5.73 Å². The Hall–Kier alpha value is -0.860. The summed E-state index contributed by atoms with van der Waals surface area (Å²) in [5, 5.41) is 8.80. The van der Waals surface area contributed by atoms with E-state index in [1.807, 2.05) is 18.2 Å². The zero-order valence-electron chi connectivity index (χ0n) is 4.99.